The molecule has 0 saturated carbocycles. The molecular weight excluding hydrogens is 664 g/mol. The summed E-state index contributed by atoms with van der Waals surface area (Å²) in [6, 6.07) is -0.866. The predicted octanol–water partition coefficient (Wildman–Crippen LogP) is 11.4. The number of carbonyl (C=O) groups is 3. The van der Waals surface area contributed by atoms with Crippen LogP contribution in [0.2, 0.25) is 0 Å². The van der Waals surface area contributed by atoms with E-state index in [9.17, 15) is 14.4 Å². The highest BCUT2D eigenvalue weighted by Crippen LogP contribution is 2.12. The lowest BCUT2D eigenvalue weighted by Gasteiger charge is -2.18. The molecule has 0 aliphatic rings. The first-order valence-corrected chi connectivity index (χ1v) is 20.9. The van der Waals surface area contributed by atoms with Crippen molar-refractivity contribution in [3.05, 3.63) is 36.5 Å². The van der Waals surface area contributed by atoms with Gasteiger partial charge in [-0.2, -0.15) is 0 Å². The van der Waals surface area contributed by atoms with Gasteiger partial charge in [0.05, 0.1) is 11.9 Å². The van der Waals surface area contributed by atoms with Crippen molar-refractivity contribution in [2.24, 2.45) is 0 Å². The molecule has 1 atom stereocenters. The Morgan fingerprint density at radius 2 is 1.00 bits per heavy atom. The van der Waals surface area contributed by atoms with Gasteiger partial charge in [-0.3, -0.25) is 9.59 Å². The van der Waals surface area contributed by atoms with E-state index in [-0.39, 0.29) is 23.7 Å². The first-order valence-electron chi connectivity index (χ1n) is 19.8. The Kier molecular flexibility index (Phi) is 36.4. The Balaban J connectivity index is 3.98. The molecule has 2 amide bonds. The van der Waals surface area contributed by atoms with Crippen LogP contribution in [0.5, 0.6) is 0 Å². The zero-order valence-electron chi connectivity index (χ0n) is 31.1. The topological polar surface area (TPSA) is 84.5 Å². The maximum Gasteiger partial charge on any atom is 0.330 e. The van der Waals surface area contributed by atoms with Crippen molar-refractivity contribution in [1.29, 1.82) is 0 Å². The smallest absolute Gasteiger partial charge is 0.330 e. The Morgan fingerprint density at radius 3 is 1.50 bits per heavy atom. The van der Waals surface area contributed by atoms with Gasteiger partial charge >= 0.3 is 5.97 Å². The van der Waals surface area contributed by atoms with Gasteiger partial charge in [-0.15, -0.1) is 0 Å². The van der Waals surface area contributed by atoms with Gasteiger partial charge in [0.1, 0.15) is 6.04 Å². The monoisotopic (exact) mass is 736 g/mol. The van der Waals surface area contributed by atoms with Gasteiger partial charge in [-0.25, -0.2) is 4.79 Å². The van der Waals surface area contributed by atoms with E-state index in [0.29, 0.717) is 13.0 Å². The lowest BCUT2D eigenvalue weighted by atomic mass is 10.1. The molecule has 7 heteroatoms. The molecular formula is C41H73BrN2O4. The first kappa shape index (κ1) is 46.1. The molecule has 0 aromatic heterocycles. The third kappa shape index (κ3) is 34.0. The fourth-order valence-electron chi connectivity index (χ4n) is 5.44. The summed E-state index contributed by atoms with van der Waals surface area (Å²) in [5, 5.41) is 5.62. The fourth-order valence-corrected chi connectivity index (χ4v) is 5.64. The molecule has 278 valence electrons. The van der Waals surface area contributed by atoms with Gasteiger partial charge in [0.15, 0.2) is 0 Å². The van der Waals surface area contributed by atoms with Gasteiger partial charge < -0.3 is 15.4 Å². The first-order chi connectivity index (χ1) is 23.5. The number of esters is 1. The van der Waals surface area contributed by atoms with Crippen LogP contribution in [-0.4, -0.2) is 42.3 Å². The number of rotatable bonds is 35. The van der Waals surface area contributed by atoms with E-state index < -0.39 is 12.0 Å². The summed E-state index contributed by atoms with van der Waals surface area (Å²) >= 11 is 3.12. The number of amides is 2. The van der Waals surface area contributed by atoms with E-state index in [0.717, 1.165) is 57.8 Å². The minimum absolute atomic E-state index is 0.0341. The zero-order chi connectivity index (χ0) is 35.2. The molecule has 0 heterocycles. The summed E-state index contributed by atoms with van der Waals surface area (Å²) in [5.74, 6) is -0.880. The van der Waals surface area contributed by atoms with Gasteiger partial charge in [-0.05, 0) is 70.6 Å². The highest BCUT2D eigenvalue weighted by atomic mass is 79.9. The summed E-state index contributed by atoms with van der Waals surface area (Å²) in [5.41, 5.74) is 0. The minimum Gasteiger partial charge on any atom is -0.464 e. The van der Waals surface area contributed by atoms with Crippen LogP contribution in [0.4, 0.5) is 0 Å². The van der Waals surface area contributed by atoms with E-state index in [1.54, 1.807) is 0 Å². The summed E-state index contributed by atoms with van der Waals surface area (Å²) < 4.78 is 5.49. The van der Waals surface area contributed by atoms with Gasteiger partial charge in [0, 0.05) is 13.0 Å². The van der Waals surface area contributed by atoms with Crippen molar-refractivity contribution in [1.82, 2.24) is 10.6 Å². The lowest BCUT2D eigenvalue weighted by Crippen LogP contribution is -2.49. The van der Waals surface area contributed by atoms with Gasteiger partial charge in [0.25, 0.3) is 0 Å². The van der Waals surface area contributed by atoms with Crippen molar-refractivity contribution < 1.29 is 19.1 Å². The third-order valence-corrected chi connectivity index (χ3v) is 9.01. The van der Waals surface area contributed by atoms with Crippen molar-refractivity contribution in [2.75, 3.05) is 18.5 Å². The van der Waals surface area contributed by atoms with Crippen LogP contribution in [0.15, 0.2) is 36.5 Å². The molecule has 6 nitrogen and oxygen atoms in total. The normalized spacial score (nSPS) is 12.3. The van der Waals surface area contributed by atoms with E-state index in [2.05, 4.69) is 76.9 Å². The maximum atomic E-state index is 12.7. The van der Waals surface area contributed by atoms with E-state index in [1.807, 2.05) is 0 Å². The molecule has 0 fully saturated rings. The average Bonchev–Trinajstić information content (AvgIpc) is 3.09. The SMILES string of the molecule is CCCCC/C=C\C/C=C\CCCCCCCC(=O)N[C@@H](CNC(=O)CBr)C(=O)OCCCCCCCCCCC/C=C\CCCCC. The molecule has 0 bridgehead atoms. The number of ether oxygens (including phenoxy) is 1. The Labute approximate surface area is 304 Å². The Morgan fingerprint density at radius 1 is 0.562 bits per heavy atom. The van der Waals surface area contributed by atoms with Crippen LogP contribution in [-0.2, 0) is 19.1 Å². The molecule has 0 unspecified atom stereocenters. The molecule has 0 radical (unpaired) electrons. The largest absolute Gasteiger partial charge is 0.464 e. The fraction of sp³-hybridized carbons (Fsp3) is 0.780. The third-order valence-electron chi connectivity index (χ3n) is 8.50. The number of unbranched alkanes of at least 4 members (excludes halogenated alkanes) is 20. The number of hydrogen-bond acceptors (Lipinski definition) is 4. The molecule has 0 aliphatic heterocycles. The number of carbonyl (C=O) groups excluding carboxylic acids is 3. The Bertz CT molecular complexity index is 842. The van der Waals surface area contributed by atoms with E-state index in [4.69, 9.17) is 4.74 Å². The van der Waals surface area contributed by atoms with Crippen LogP contribution >= 0.6 is 15.9 Å². The van der Waals surface area contributed by atoms with Gasteiger partial charge in [0.2, 0.25) is 11.8 Å². The second kappa shape index (κ2) is 37.9. The van der Waals surface area contributed by atoms with Crippen molar-refractivity contribution in [2.45, 2.75) is 187 Å². The van der Waals surface area contributed by atoms with E-state index >= 15 is 0 Å². The molecule has 0 rings (SSSR count). The number of allylic oxidation sites excluding steroid dienone is 6. The summed E-state index contributed by atoms with van der Waals surface area (Å²) in [7, 11) is 0. The second-order valence-corrected chi connectivity index (χ2v) is 13.7. The molecule has 0 spiro atoms. The maximum absolute atomic E-state index is 12.7. The molecule has 48 heavy (non-hydrogen) atoms. The van der Waals surface area contributed by atoms with Crippen LogP contribution in [0, 0.1) is 0 Å². The van der Waals surface area contributed by atoms with Gasteiger partial charge in [-0.1, -0.05) is 156 Å². The predicted molar refractivity (Wildman–Crippen MR) is 209 cm³/mol. The molecule has 2 N–H and O–H groups in total. The summed E-state index contributed by atoms with van der Waals surface area (Å²) in [6.07, 6.45) is 43.7. The highest BCUT2D eigenvalue weighted by molar-refractivity contribution is 9.09. The second-order valence-electron chi connectivity index (χ2n) is 13.1. The number of alkyl halides is 1. The van der Waals surface area contributed by atoms with E-state index in [1.165, 1.54) is 103 Å². The van der Waals surface area contributed by atoms with Crippen molar-refractivity contribution in [3.63, 3.8) is 0 Å². The molecule has 0 aliphatic carbocycles. The quantitative estimate of drug-likeness (QED) is 0.0294. The van der Waals surface area contributed by atoms with Crippen LogP contribution in [0.25, 0.3) is 0 Å². The lowest BCUT2D eigenvalue weighted by molar-refractivity contribution is -0.148. The minimum atomic E-state index is -0.866. The Hall–Kier alpha value is -1.89. The molecule has 0 saturated heterocycles. The average molecular weight is 738 g/mol. The zero-order valence-corrected chi connectivity index (χ0v) is 32.6. The summed E-state index contributed by atoms with van der Waals surface area (Å²) in [6.45, 7) is 4.86. The molecule has 0 aromatic rings. The number of hydrogen-bond donors (Lipinski definition) is 2. The van der Waals surface area contributed by atoms with Crippen molar-refractivity contribution in [3.8, 4) is 0 Å². The highest BCUT2D eigenvalue weighted by Gasteiger charge is 2.22. The van der Waals surface area contributed by atoms with Crippen LogP contribution in [0.1, 0.15) is 181 Å². The standard InChI is InChI=1S/C41H73BrN2O4/c1-3-5-7-9-11-13-15-17-19-21-23-25-27-29-31-33-35-48-41(47)38(37-43-40(46)36-42)44-39(45)34-32-30-28-26-24-22-20-18-16-14-12-10-8-6-4-2/h11-14,18,20,38H,3-10,15-17,19,21-37H2,1-2H3,(H,43,46)(H,44,45)/b13-11-,14-12-,20-18-/t38-/m0/s1. The molecule has 0 aromatic carbocycles. The number of halogens is 1. The number of nitrogens with one attached hydrogen (secondary N) is 2. The van der Waals surface area contributed by atoms with Crippen LogP contribution in [0.3, 0.4) is 0 Å². The summed E-state index contributed by atoms with van der Waals surface area (Å²) in [4.78, 5) is 37.1. The van der Waals surface area contributed by atoms with Crippen LogP contribution < -0.4 is 10.6 Å². The van der Waals surface area contributed by atoms with Crippen molar-refractivity contribution >= 4 is 33.7 Å².